The van der Waals surface area contributed by atoms with Crippen molar-refractivity contribution >= 4 is 35.1 Å². The van der Waals surface area contributed by atoms with Crippen LogP contribution in [0.2, 0.25) is 5.02 Å². The highest BCUT2D eigenvalue weighted by Gasteiger charge is 2.21. The number of rotatable bonds is 4. The molecule has 0 fully saturated rings. The van der Waals surface area contributed by atoms with Gasteiger partial charge in [-0.25, -0.2) is 9.97 Å². The smallest absolute Gasteiger partial charge is 0.238 e. The van der Waals surface area contributed by atoms with Crippen molar-refractivity contribution in [1.82, 2.24) is 20.2 Å². The number of carbonyl (C=O) groups is 1. The van der Waals surface area contributed by atoms with Gasteiger partial charge in [-0.1, -0.05) is 44.1 Å². The molecule has 0 bridgehead atoms. The van der Waals surface area contributed by atoms with Gasteiger partial charge in [-0.05, 0) is 19.1 Å². The zero-order valence-electron chi connectivity index (χ0n) is 12.8. The molecule has 1 unspecified atom stereocenters. The summed E-state index contributed by atoms with van der Waals surface area (Å²) in [6.45, 7) is 7.93. The topological polar surface area (TPSA) is 83.6 Å². The van der Waals surface area contributed by atoms with E-state index in [9.17, 15) is 4.79 Å². The molecule has 2 N–H and O–H groups in total. The molecule has 1 atom stereocenters. The first kappa shape index (κ1) is 16.8. The van der Waals surface area contributed by atoms with Gasteiger partial charge in [0.05, 0.1) is 10.3 Å². The van der Waals surface area contributed by atoms with E-state index < -0.39 is 0 Å². The molecule has 6 nitrogen and oxygen atoms in total. The molecule has 22 heavy (non-hydrogen) atoms. The summed E-state index contributed by atoms with van der Waals surface area (Å²) >= 11 is 7.05. The highest BCUT2D eigenvalue weighted by Crippen LogP contribution is 2.24. The minimum Gasteiger partial charge on any atom is -0.310 e. The van der Waals surface area contributed by atoms with E-state index in [4.69, 9.17) is 11.6 Å². The van der Waals surface area contributed by atoms with Crippen LogP contribution in [0, 0.1) is 0 Å². The van der Waals surface area contributed by atoms with Gasteiger partial charge in [0.1, 0.15) is 11.6 Å². The Hall–Kier alpha value is -1.60. The molecule has 2 rings (SSSR count). The molecule has 2 heterocycles. The van der Waals surface area contributed by atoms with Gasteiger partial charge >= 0.3 is 0 Å². The number of amides is 1. The zero-order chi connectivity index (χ0) is 16.3. The molecule has 0 aliphatic heterocycles. The highest BCUT2D eigenvalue weighted by molar-refractivity contribution is 8.00. The van der Waals surface area contributed by atoms with Crippen LogP contribution in [0.3, 0.4) is 0 Å². The predicted molar refractivity (Wildman–Crippen MR) is 88.3 cm³/mol. The number of hydrogen-bond acceptors (Lipinski definition) is 5. The van der Waals surface area contributed by atoms with Gasteiger partial charge in [-0.2, -0.15) is 0 Å². The number of hydrogen-bond donors (Lipinski definition) is 2. The van der Waals surface area contributed by atoms with Gasteiger partial charge in [0.15, 0.2) is 0 Å². The number of nitrogens with zero attached hydrogens (tertiary/aromatic N) is 3. The molecule has 0 aliphatic carbocycles. The fourth-order valence-corrected chi connectivity index (χ4v) is 2.36. The lowest BCUT2D eigenvalue weighted by Gasteiger charge is -2.13. The summed E-state index contributed by atoms with van der Waals surface area (Å²) in [4.78, 5) is 20.6. The summed E-state index contributed by atoms with van der Waals surface area (Å²) in [6.07, 6.45) is 1.49. The Kier molecular flexibility index (Phi) is 5.08. The van der Waals surface area contributed by atoms with E-state index in [0.29, 0.717) is 16.0 Å². The fourth-order valence-electron chi connectivity index (χ4n) is 1.52. The van der Waals surface area contributed by atoms with Gasteiger partial charge in [0.2, 0.25) is 11.1 Å². The monoisotopic (exact) mass is 339 g/mol. The van der Waals surface area contributed by atoms with Crippen LogP contribution in [0.15, 0.2) is 23.5 Å². The van der Waals surface area contributed by atoms with Crippen LogP contribution in [-0.2, 0) is 10.2 Å². The van der Waals surface area contributed by atoms with Crippen molar-refractivity contribution in [2.45, 2.75) is 43.5 Å². The highest BCUT2D eigenvalue weighted by atomic mass is 35.5. The van der Waals surface area contributed by atoms with E-state index in [1.54, 1.807) is 19.1 Å². The van der Waals surface area contributed by atoms with Gasteiger partial charge in [-0.15, -0.1) is 5.10 Å². The summed E-state index contributed by atoms with van der Waals surface area (Å²) in [5.41, 5.74) is -0.107. The van der Waals surface area contributed by atoms with Crippen LogP contribution in [0.5, 0.6) is 0 Å². The van der Waals surface area contributed by atoms with E-state index in [0.717, 1.165) is 5.82 Å². The maximum Gasteiger partial charge on any atom is 0.238 e. The third kappa shape index (κ3) is 4.45. The lowest BCUT2D eigenvalue weighted by atomic mass is 9.96. The predicted octanol–water partition coefficient (Wildman–Crippen LogP) is 3.27. The van der Waals surface area contributed by atoms with Crippen molar-refractivity contribution in [1.29, 1.82) is 0 Å². The van der Waals surface area contributed by atoms with Crippen LogP contribution >= 0.6 is 23.4 Å². The Morgan fingerprint density at radius 3 is 2.68 bits per heavy atom. The van der Waals surface area contributed by atoms with Gasteiger partial charge in [0, 0.05) is 11.6 Å². The second-order valence-corrected chi connectivity index (χ2v) is 7.57. The lowest BCUT2D eigenvalue weighted by molar-refractivity contribution is -0.115. The standard InChI is InChI=1S/C14H18ClN5OS/c1-8(11(21)17-10-6-5-9(15)7-16-10)22-13-18-12(19-20-13)14(2,3)4/h5-8H,1-4H3,(H,16,17,21)(H,18,19,20). The van der Waals surface area contributed by atoms with E-state index >= 15 is 0 Å². The minimum atomic E-state index is -0.346. The van der Waals surface area contributed by atoms with Crippen molar-refractivity contribution in [3.05, 3.63) is 29.2 Å². The summed E-state index contributed by atoms with van der Waals surface area (Å²) < 4.78 is 0. The van der Waals surface area contributed by atoms with Crippen molar-refractivity contribution in [2.75, 3.05) is 5.32 Å². The molecule has 2 aromatic heterocycles. The first-order valence-corrected chi connectivity index (χ1v) is 8.03. The maximum absolute atomic E-state index is 12.1. The molecule has 8 heteroatoms. The number of anilines is 1. The lowest BCUT2D eigenvalue weighted by Crippen LogP contribution is -2.23. The number of halogens is 1. The average Bonchev–Trinajstić information content (AvgIpc) is 2.90. The van der Waals surface area contributed by atoms with Crippen molar-refractivity contribution in [3.8, 4) is 0 Å². The number of thioether (sulfide) groups is 1. The third-order valence-electron chi connectivity index (χ3n) is 2.81. The van der Waals surface area contributed by atoms with E-state index in [1.165, 1.54) is 18.0 Å². The van der Waals surface area contributed by atoms with E-state index in [2.05, 4.69) is 25.5 Å². The number of nitrogens with one attached hydrogen (secondary N) is 2. The van der Waals surface area contributed by atoms with Crippen molar-refractivity contribution in [2.24, 2.45) is 0 Å². The Bertz CT molecular complexity index is 650. The molecule has 0 spiro atoms. The normalized spacial score (nSPS) is 13.0. The summed E-state index contributed by atoms with van der Waals surface area (Å²) in [5, 5.41) is 10.5. The molecular formula is C14H18ClN5OS. The summed E-state index contributed by atoms with van der Waals surface area (Å²) in [7, 11) is 0. The van der Waals surface area contributed by atoms with Crippen molar-refractivity contribution in [3.63, 3.8) is 0 Å². The molecular weight excluding hydrogens is 322 g/mol. The van der Waals surface area contributed by atoms with Gasteiger partial charge < -0.3 is 5.32 Å². The first-order chi connectivity index (χ1) is 10.3. The summed E-state index contributed by atoms with van der Waals surface area (Å²) in [6, 6.07) is 3.33. The SMILES string of the molecule is CC(Sc1n[nH]c(C(C)(C)C)n1)C(=O)Nc1ccc(Cl)cn1. The Balaban J connectivity index is 1.96. The second-order valence-electron chi connectivity index (χ2n) is 5.83. The van der Waals surface area contributed by atoms with Crippen LogP contribution < -0.4 is 5.32 Å². The molecule has 0 radical (unpaired) electrons. The maximum atomic E-state index is 12.1. The Labute approximate surface area is 138 Å². The quantitative estimate of drug-likeness (QED) is 0.835. The number of pyridine rings is 1. The first-order valence-electron chi connectivity index (χ1n) is 6.77. The number of aromatic amines is 1. The third-order valence-corrected chi connectivity index (χ3v) is 3.99. The van der Waals surface area contributed by atoms with Gasteiger partial charge in [-0.3, -0.25) is 9.89 Å². The molecule has 1 amide bonds. The van der Waals surface area contributed by atoms with Crippen LogP contribution in [0.25, 0.3) is 0 Å². The van der Waals surface area contributed by atoms with Gasteiger partial charge in [0.25, 0.3) is 0 Å². The minimum absolute atomic E-state index is 0.107. The average molecular weight is 340 g/mol. The molecule has 0 aromatic carbocycles. The van der Waals surface area contributed by atoms with E-state index in [1.807, 2.05) is 20.8 Å². The number of carbonyl (C=O) groups excluding carboxylic acids is 1. The number of H-pyrrole nitrogens is 1. The largest absolute Gasteiger partial charge is 0.310 e. The fraction of sp³-hybridized carbons (Fsp3) is 0.429. The zero-order valence-corrected chi connectivity index (χ0v) is 14.4. The summed E-state index contributed by atoms with van der Waals surface area (Å²) in [5.74, 6) is 1.09. The molecule has 118 valence electrons. The second kappa shape index (κ2) is 6.66. The molecule has 0 aliphatic rings. The molecule has 2 aromatic rings. The van der Waals surface area contributed by atoms with Crippen molar-refractivity contribution < 1.29 is 4.79 Å². The Morgan fingerprint density at radius 1 is 1.41 bits per heavy atom. The van der Waals surface area contributed by atoms with Crippen LogP contribution in [0.4, 0.5) is 5.82 Å². The van der Waals surface area contributed by atoms with Crippen LogP contribution in [0.1, 0.15) is 33.5 Å². The number of aromatic nitrogens is 4. The molecule has 0 saturated carbocycles. The van der Waals surface area contributed by atoms with Crippen LogP contribution in [-0.4, -0.2) is 31.3 Å². The Morgan fingerprint density at radius 2 is 2.14 bits per heavy atom. The van der Waals surface area contributed by atoms with E-state index in [-0.39, 0.29) is 16.6 Å². The molecule has 0 saturated heterocycles.